The lowest BCUT2D eigenvalue weighted by Crippen LogP contribution is -2.35. The predicted molar refractivity (Wildman–Crippen MR) is 94.4 cm³/mol. The number of nitrogens with zero attached hydrogens (tertiary/aromatic N) is 3. The van der Waals surface area contributed by atoms with Crippen molar-refractivity contribution in [3.63, 3.8) is 0 Å². The van der Waals surface area contributed by atoms with Gasteiger partial charge in [-0.15, -0.1) is 5.10 Å². The summed E-state index contributed by atoms with van der Waals surface area (Å²) in [6.07, 6.45) is 7.70. The van der Waals surface area contributed by atoms with Gasteiger partial charge in [-0.25, -0.2) is 0 Å². The molecule has 0 N–H and O–H groups in total. The minimum absolute atomic E-state index is 0.100. The third-order valence-electron chi connectivity index (χ3n) is 4.19. The third kappa shape index (κ3) is 4.35. The summed E-state index contributed by atoms with van der Waals surface area (Å²) >= 11 is 0. The maximum absolute atomic E-state index is 10.4. The average molecular weight is 339 g/mol. The number of piperidine rings is 1. The van der Waals surface area contributed by atoms with E-state index < -0.39 is 0 Å². The van der Waals surface area contributed by atoms with Gasteiger partial charge < -0.3 is 14.4 Å². The molecule has 1 saturated heterocycles. The van der Waals surface area contributed by atoms with Gasteiger partial charge in [-0.1, -0.05) is 18.2 Å². The van der Waals surface area contributed by atoms with E-state index in [0.29, 0.717) is 5.88 Å². The highest BCUT2D eigenvalue weighted by Gasteiger charge is 2.19. The number of benzene rings is 1. The molecule has 6 nitrogen and oxygen atoms in total. The topological polar surface area (TPSA) is 64.6 Å². The highest BCUT2D eigenvalue weighted by molar-refractivity contribution is 5.70. The monoisotopic (exact) mass is 339 g/mol. The lowest BCUT2D eigenvalue weighted by molar-refractivity contribution is -0.104. The lowest BCUT2D eigenvalue weighted by atomic mass is 10.1. The van der Waals surface area contributed by atoms with E-state index in [1.54, 1.807) is 13.3 Å². The molecule has 3 rings (SSSR count). The number of likely N-dealkylation sites (tertiary alicyclic amines) is 1. The summed E-state index contributed by atoms with van der Waals surface area (Å²) in [6.45, 7) is 1.71. The highest BCUT2D eigenvalue weighted by Crippen LogP contribution is 2.30. The van der Waals surface area contributed by atoms with Gasteiger partial charge >= 0.3 is 0 Å². The molecular formula is C19H21N3O3. The van der Waals surface area contributed by atoms with Gasteiger partial charge in [0.25, 0.3) is 0 Å². The van der Waals surface area contributed by atoms with Crippen LogP contribution in [0.5, 0.6) is 11.6 Å². The maximum Gasteiger partial charge on any atom is 0.234 e. The standard InChI is InChI=1S/C19H21N3O3/c1-24-18-6-3-2-5-17(18)15-13-19(21-20-14-15)25-16-7-10-22(11-8-16)9-4-12-23/h2-6,9,12-14,16H,7-8,10-11H2,1H3. The zero-order valence-electron chi connectivity index (χ0n) is 14.2. The van der Waals surface area contributed by atoms with Gasteiger partial charge in [0.2, 0.25) is 5.88 Å². The smallest absolute Gasteiger partial charge is 0.234 e. The Morgan fingerprint density at radius 3 is 2.80 bits per heavy atom. The molecule has 2 heterocycles. The van der Waals surface area contributed by atoms with Crippen LogP contribution in [0.15, 0.2) is 48.8 Å². The number of aldehydes is 1. The third-order valence-corrected chi connectivity index (χ3v) is 4.19. The summed E-state index contributed by atoms with van der Waals surface area (Å²) in [6, 6.07) is 9.68. The van der Waals surface area contributed by atoms with Crippen LogP contribution in [0.4, 0.5) is 0 Å². The van der Waals surface area contributed by atoms with E-state index in [4.69, 9.17) is 9.47 Å². The van der Waals surface area contributed by atoms with Gasteiger partial charge in [-0.3, -0.25) is 4.79 Å². The van der Waals surface area contributed by atoms with E-state index in [9.17, 15) is 4.79 Å². The van der Waals surface area contributed by atoms with Crippen LogP contribution in [-0.4, -0.2) is 47.7 Å². The molecular weight excluding hydrogens is 318 g/mol. The van der Waals surface area contributed by atoms with Crippen LogP contribution < -0.4 is 9.47 Å². The first kappa shape index (κ1) is 17.0. The number of methoxy groups -OCH3 is 1. The minimum Gasteiger partial charge on any atom is -0.496 e. The molecule has 0 spiro atoms. The Morgan fingerprint density at radius 2 is 2.04 bits per heavy atom. The van der Waals surface area contributed by atoms with Crippen LogP contribution in [0.3, 0.4) is 0 Å². The molecule has 0 radical (unpaired) electrons. The summed E-state index contributed by atoms with van der Waals surface area (Å²) in [5.41, 5.74) is 1.87. The summed E-state index contributed by atoms with van der Waals surface area (Å²) in [4.78, 5) is 12.5. The van der Waals surface area contributed by atoms with Crippen LogP contribution in [0.25, 0.3) is 11.1 Å². The summed E-state index contributed by atoms with van der Waals surface area (Å²) in [5.74, 6) is 1.31. The van der Waals surface area contributed by atoms with Gasteiger partial charge in [0.05, 0.1) is 13.3 Å². The Morgan fingerprint density at radius 1 is 1.24 bits per heavy atom. The molecule has 1 fully saturated rings. The predicted octanol–water partition coefficient (Wildman–Crippen LogP) is 2.71. The van der Waals surface area contributed by atoms with Crippen molar-refractivity contribution in [1.82, 2.24) is 15.1 Å². The van der Waals surface area contributed by atoms with Crippen LogP contribution in [0.1, 0.15) is 12.8 Å². The number of aromatic nitrogens is 2. The van der Waals surface area contributed by atoms with Crippen molar-refractivity contribution in [3.8, 4) is 22.8 Å². The maximum atomic E-state index is 10.4. The Bertz CT molecular complexity index is 740. The number of allylic oxidation sites excluding steroid dienone is 1. The zero-order chi connectivity index (χ0) is 17.5. The lowest BCUT2D eigenvalue weighted by Gasteiger charge is -2.30. The number of hydrogen-bond acceptors (Lipinski definition) is 6. The zero-order valence-corrected chi connectivity index (χ0v) is 14.2. The van der Waals surface area contributed by atoms with Gasteiger partial charge in [-0.05, 0) is 12.1 Å². The normalized spacial score (nSPS) is 15.3. The average Bonchev–Trinajstić information content (AvgIpc) is 2.67. The molecule has 130 valence electrons. The fourth-order valence-electron chi connectivity index (χ4n) is 2.91. The molecule has 0 aliphatic carbocycles. The molecule has 6 heteroatoms. The molecule has 1 aliphatic rings. The van der Waals surface area contributed by atoms with Crippen molar-refractivity contribution in [2.75, 3.05) is 20.2 Å². The Kier molecular flexibility index (Phi) is 5.61. The van der Waals surface area contributed by atoms with Crippen molar-refractivity contribution in [3.05, 3.63) is 48.8 Å². The van der Waals surface area contributed by atoms with E-state index in [2.05, 4.69) is 15.1 Å². The molecule has 2 aromatic rings. The molecule has 0 unspecified atom stereocenters. The van der Waals surface area contributed by atoms with Crippen LogP contribution >= 0.6 is 0 Å². The first-order chi connectivity index (χ1) is 12.3. The summed E-state index contributed by atoms with van der Waals surface area (Å²) in [7, 11) is 1.65. The van der Waals surface area contributed by atoms with Crippen molar-refractivity contribution >= 4 is 6.29 Å². The largest absolute Gasteiger partial charge is 0.496 e. The second-order valence-electron chi connectivity index (χ2n) is 5.81. The summed E-state index contributed by atoms with van der Waals surface area (Å²) < 4.78 is 11.4. The second-order valence-corrected chi connectivity index (χ2v) is 5.81. The van der Waals surface area contributed by atoms with Gasteiger partial charge in [-0.2, -0.15) is 5.10 Å². The molecule has 1 aromatic heterocycles. The van der Waals surface area contributed by atoms with E-state index in [1.807, 2.05) is 36.5 Å². The van der Waals surface area contributed by atoms with Crippen molar-refractivity contribution in [2.24, 2.45) is 0 Å². The van der Waals surface area contributed by atoms with Gasteiger partial charge in [0.15, 0.2) is 0 Å². The first-order valence-electron chi connectivity index (χ1n) is 8.29. The fraction of sp³-hybridized carbons (Fsp3) is 0.316. The number of carbonyl (C=O) groups excluding carboxylic acids is 1. The quantitative estimate of drug-likeness (QED) is 0.595. The molecule has 0 bridgehead atoms. The molecule has 1 aliphatic heterocycles. The van der Waals surface area contributed by atoms with Crippen molar-refractivity contribution in [2.45, 2.75) is 18.9 Å². The molecule has 25 heavy (non-hydrogen) atoms. The van der Waals surface area contributed by atoms with Crippen molar-refractivity contribution < 1.29 is 14.3 Å². The minimum atomic E-state index is 0.100. The molecule has 0 atom stereocenters. The van der Waals surface area contributed by atoms with Crippen molar-refractivity contribution in [1.29, 1.82) is 0 Å². The van der Waals surface area contributed by atoms with E-state index in [0.717, 1.165) is 49.1 Å². The number of ether oxygens (including phenoxy) is 2. The molecule has 0 amide bonds. The second kappa shape index (κ2) is 8.28. The highest BCUT2D eigenvalue weighted by atomic mass is 16.5. The molecule has 0 saturated carbocycles. The van der Waals surface area contributed by atoms with E-state index in [1.165, 1.54) is 6.08 Å². The number of para-hydroxylation sites is 1. The number of hydrogen-bond donors (Lipinski definition) is 0. The van der Waals surface area contributed by atoms with Gasteiger partial charge in [0, 0.05) is 49.3 Å². The Hall–Kier alpha value is -2.89. The van der Waals surface area contributed by atoms with E-state index in [-0.39, 0.29) is 6.10 Å². The van der Waals surface area contributed by atoms with Gasteiger partial charge in [0.1, 0.15) is 18.1 Å². The number of rotatable bonds is 6. The van der Waals surface area contributed by atoms with Crippen LogP contribution in [0, 0.1) is 0 Å². The Balaban J connectivity index is 1.67. The first-order valence-corrected chi connectivity index (χ1v) is 8.29. The van der Waals surface area contributed by atoms with Crippen LogP contribution in [0.2, 0.25) is 0 Å². The fourth-order valence-corrected chi connectivity index (χ4v) is 2.91. The molecule has 1 aromatic carbocycles. The SMILES string of the molecule is COc1ccccc1-c1cnnc(OC2CCN(C=CC=O)CC2)c1. The van der Waals surface area contributed by atoms with Crippen LogP contribution in [-0.2, 0) is 4.79 Å². The summed E-state index contributed by atoms with van der Waals surface area (Å²) in [5, 5.41) is 8.16. The number of carbonyl (C=O) groups is 1. The Labute approximate surface area is 147 Å². The van der Waals surface area contributed by atoms with E-state index >= 15 is 0 Å².